The fraction of sp³-hybridized carbons (Fsp3) is 0.186. The number of H-pyrrole nitrogens is 1. The van der Waals surface area contributed by atoms with Crippen LogP contribution in [0.1, 0.15) is 40.0 Å². The van der Waals surface area contributed by atoms with Crippen molar-refractivity contribution in [1.82, 2.24) is 9.88 Å². The van der Waals surface area contributed by atoms with E-state index < -0.39 is 36.5 Å². The number of hydrogen-bond donors (Lipinski definition) is 2. The molecular formula is C43H37N3O10. The molecular weight excluding hydrogens is 718 g/mol. The van der Waals surface area contributed by atoms with Gasteiger partial charge in [0.25, 0.3) is 0 Å². The van der Waals surface area contributed by atoms with E-state index in [-0.39, 0.29) is 37.1 Å². The highest BCUT2D eigenvalue weighted by molar-refractivity contribution is 5.88. The molecule has 2 aliphatic rings. The molecule has 1 amide bonds. The van der Waals surface area contributed by atoms with Gasteiger partial charge in [0, 0.05) is 27.8 Å². The molecule has 0 spiro atoms. The molecule has 0 radical (unpaired) electrons. The summed E-state index contributed by atoms with van der Waals surface area (Å²) in [6, 6.07) is 35.3. The van der Waals surface area contributed by atoms with E-state index in [1.165, 1.54) is 14.2 Å². The summed E-state index contributed by atoms with van der Waals surface area (Å²) in [5.41, 5.74) is 5.56. The monoisotopic (exact) mass is 755 g/mol. The first kappa shape index (κ1) is 35.9. The molecule has 2 aliphatic heterocycles. The van der Waals surface area contributed by atoms with Crippen LogP contribution in [0, 0.1) is 0 Å². The van der Waals surface area contributed by atoms with E-state index in [9.17, 15) is 14.4 Å². The summed E-state index contributed by atoms with van der Waals surface area (Å²) in [5, 5.41) is 4.58. The SMILES string of the molecule is COc1cc([C@@H]2c3[nH]c4ccccc4c3[C@@H](Nc3ccc(OC(=O)OCc4ccccc4)cc3)[C@H]3COC(=O)N23)cc(OC)c1OC(=O)OCc1ccccc1. The molecule has 0 saturated carbocycles. The lowest BCUT2D eigenvalue weighted by atomic mass is 9.85. The van der Waals surface area contributed by atoms with Crippen LogP contribution in [-0.2, 0) is 27.4 Å². The smallest absolute Gasteiger partial charge is 0.493 e. The van der Waals surface area contributed by atoms with Crippen molar-refractivity contribution in [2.24, 2.45) is 0 Å². The Bertz CT molecular complexity index is 2340. The molecule has 0 unspecified atom stereocenters. The van der Waals surface area contributed by atoms with Gasteiger partial charge in [-0.2, -0.15) is 0 Å². The first-order valence-corrected chi connectivity index (χ1v) is 17.9. The average molecular weight is 756 g/mol. The molecule has 284 valence electrons. The van der Waals surface area contributed by atoms with Crippen LogP contribution >= 0.6 is 0 Å². The zero-order chi connectivity index (χ0) is 38.6. The number of anilines is 1. The Balaban J connectivity index is 1.08. The molecule has 13 heteroatoms. The summed E-state index contributed by atoms with van der Waals surface area (Å²) >= 11 is 0. The van der Waals surface area contributed by atoms with E-state index in [1.807, 2.05) is 84.9 Å². The first-order valence-electron chi connectivity index (χ1n) is 17.9. The predicted molar refractivity (Wildman–Crippen MR) is 204 cm³/mol. The minimum atomic E-state index is -0.937. The Hall–Kier alpha value is -7.15. The Morgan fingerprint density at radius 2 is 1.36 bits per heavy atom. The van der Waals surface area contributed by atoms with Crippen LogP contribution in [0.3, 0.4) is 0 Å². The van der Waals surface area contributed by atoms with E-state index in [4.69, 9.17) is 33.2 Å². The molecule has 6 aromatic rings. The third-order valence-electron chi connectivity index (χ3n) is 9.73. The number of carbonyl (C=O) groups is 3. The number of cyclic esters (lactones) is 1. The third-order valence-corrected chi connectivity index (χ3v) is 9.73. The van der Waals surface area contributed by atoms with Crippen LogP contribution < -0.4 is 24.3 Å². The van der Waals surface area contributed by atoms with Crippen molar-refractivity contribution in [2.75, 3.05) is 26.1 Å². The quantitative estimate of drug-likeness (QED) is 0.0744. The van der Waals surface area contributed by atoms with Gasteiger partial charge in [-0.15, -0.1) is 0 Å². The van der Waals surface area contributed by atoms with Gasteiger partial charge in [-0.25, -0.2) is 14.4 Å². The molecule has 56 heavy (non-hydrogen) atoms. The van der Waals surface area contributed by atoms with Crippen LogP contribution in [0.5, 0.6) is 23.0 Å². The minimum Gasteiger partial charge on any atom is -0.493 e. The molecule has 0 aliphatic carbocycles. The topological polar surface area (TPSA) is 147 Å². The highest BCUT2D eigenvalue weighted by Crippen LogP contribution is 2.51. The molecule has 13 nitrogen and oxygen atoms in total. The maximum absolute atomic E-state index is 13.7. The van der Waals surface area contributed by atoms with Crippen molar-refractivity contribution in [3.63, 3.8) is 0 Å². The first-order chi connectivity index (χ1) is 27.4. The second-order valence-corrected chi connectivity index (χ2v) is 13.1. The van der Waals surface area contributed by atoms with Gasteiger partial charge in [-0.3, -0.25) is 4.90 Å². The van der Waals surface area contributed by atoms with E-state index in [1.54, 1.807) is 41.3 Å². The fourth-order valence-corrected chi connectivity index (χ4v) is 7.19. The van der Waals surface area contributed by atoms with E-state index in [2.05, 4.69) is 10.3 Å². The molecule has 5 aromatic carbocycles. The van der Waals surface area contributed by atoms with Crippen molar-refractivity contribution in [3.05, 3.63) is 149 Å². The van der Waals surface area contributed by atoms with E-state index in [0.29, 0.717) is 11.3 Å². The summed E-state index contributed by atoms with van der Waals surface area (Å²) in [6.45, 7) is 0.223. The van der Waals surface area contributed by atoms with Crippen molar-refractivity contribution >= 4 is 35.0 Å². The van der Waals surface area contributed by atoms with Gasteiger partial charge in [-0.05, 0) is 59.2 Å². The average Bonchev–Trinajstić information content (AvgIpc) is 3.81. The number of aromatic amines is 1. The minimum absolute atomic E-state index is 0.0169. The van der Waals surface area contributed by atoms with Crippen LogP contribution in [0.25, 0.3) is 10.9 Å². The Labute approximate surface area is 321 Å². The molecule has 0 bridgehead atoms. The van der Waals surface area contributed by atoms with E-state index >= 15 is 0 Å². The molecule has 8 rings (SSSR count). The number of nitrogens with zero attached hydrogens (tertiary/aromatic N) is 1. The second-order valence-electron chi connectivity index (χ2n) is 13.1. The lowest BCUT2D eigenvalue weighted by Crippen LogP contribution is -2.47. The highest BCUT2D eigenvalue weighted by Gasteiger charge is 2.51. The Morgan fingerprint density at radius 3 is 1.98 bits per heavy atom. The van der Waals surface area contributed by atoms with Crippen molar-refractivity contribution in [1.29, 1.82) is 0 Å². The molecule has 2 N–H and O–H groups in total. The largest absolute Gasteiger partial charge is 0.514 e. The number of carbonyl (C=O) groups excluding carboxylic acids is 3. The van der Waals surface area contributed by atoms with Gasteiger partial charge in [0.2, 0.25) is 5.75 Å². The van der Waals surface area contributed by atoms with Crippen molar-refractivity contribution in [3.8, 4) is 23.0 Å². The molecule has 1 fully saturated rings. The second kappa shape index (κ2) is 15.7. The fourth-order valence-electron chi connectivity index (χ4n) is 7.19. The standard InChI is InChI=1S/C43H37N3O10/c1-50-34-21-28(22-35(51-2)40(34)56-43(49)54-24-27-13-7-4-8-14-27)39-38-36(31-15-9-10-16-32(31)45-38)37(33-25-52-41(47)46(33)39)44-29-17-19-30(20-18-29)55-42(48)53-23-26-11-5-3-6-12-26/h3-22,33,37,39,44-45H,23-25H2,1-2H3/t33-,37+,39-/m1/s1. The number of rotatable bonds is 11. The van der Waals surface area contributed by atoms with Gasteiger partial charge < -0.3 is 43.5 Å². The normalized spacial score (nSPS) is 16.9. The van der Waals surface area contributed by atoms with Gasteiger partial charge in [-0.1, -0.05) is 78.9 Å². The van der Waals surface area contributed by atoms with Crippen LogP contribution in [0.4, 0.5) is 20.1 Å². The number of ether oxygens (including phenoxy) is 7. The van der Waals surface area contributed by atoms with Gasteiger partial charge in [0.05, 0.1) is 26.3 Å². The number of fused-ring (bicyclic) bond motifs is 4. The lowest BCUT2D eigenvalue weighted by molar-refractivity contribution is 0.0901. The number of hydrogen-bond acceptors (Lipinski definition) is 11. The molecule has 3 heterocycles. The maximum atomic E-state index is 13.7. The van der Waals surface area contributed by atoms with Crippen LogP contribution in [0.2, 0.25) is 0 Å². The van der Waals surface area contributed by atoms with Crippen molar-refractivity contribution < 1.29 is 47.5 Å². The number of methoxy groups -OCH3 is 2. The zero-order valence-electron chi connectivity index (χ0n) is 30.4. The van der Waals surface area contributed by atoms with Gasteiger partial charge >= 0.3 is 18.4 Å². The summed E-state index contributed by atoms with van der Waals surface area (Å²) in [4.78, 5) is 44.2. The predicted octanol–water partition coefficient (Wildman–Crippen LogP) is 8.69. The third kappa shape index (κ3) is 7.21. The summed E-state index contributed by atoms with van der Waals surface area (Å²) in [6.07, 6.45) is -2.26. The van der Waals surface area contributed by atoms with E-state index in [0.717, 1.165) is 39.0 Å². The summed E-state index contributed by atoms with van der Waals surface area (Å²) in [7, 11) is 2.90. The number of nitrogens with one attached hydrogen (secondary N) is 2. The highest BCUT2D eigenvalue weighted by atomic mass is 16.7. The molecule has 1 saturated heterocycles. The summed E-state index contributed by atoms with van der Waals surface area (Å²) < 4.78 is 38.8. The van der Waals surface area contributed by atoms with Crippen LogP contribution in [-0.4, -0.2) is 55.2 Å². The molecule has 3 atom stereocenters. The van der Waals surface area contributed by atoms with Crippen molar-refractivity contribution in [2.45, 2.75) is 31.3 Å². The van der Waals surface area contributed by atoms with Gasteiger partial charge in [0.1, 0.15) is 31.6 Å². The maximum Gasteiger partial charge on any atom is 0.514 e. The number of aromatic nitrogens is 1. The molecule has 1 aromatic heterocycles. The summed E-state index contributed by atoms with van der Waals surface area (Å²) in [5.74, 6) is 0.737. The number of amides is 1. The lowest BCUT2D eigenvalue weighted by Gasteiger charge is -2.41. The van der Waals surface area contributed by atoms with Crippen LogP contribution in [0.15, 0.2) is 121 Å². The number of para-hydroxylation sites is 1. The van der Waals surface area contributed by atoms with Gasteiger partial charge in [0.15, 0.2) is 11.5 Å². The number of benzene rings is 5. The Kier molecular flexibility index (Phi) is 10.0. The zero-order valence-corrected chi connectivity index (χ0v) is 30.4. The Morgan fingerprint density at radius 1 is 0.768 bits per heavy atom.